The highest BCUT2D eigenvalue weighted by Gasteiger charge is 2.16. The second kappa shape index (κ2) is 6.13. The number of rotatable bonds is 2. The van der Waals surface area contributed by atoms with Gasteiger partial charge in [0.15, 0.2) is 0 Å². The Kier molecular flexibility index (Phi) is 3.86. The lowest BCUT2D eigenvalue weighted by Crippen LogP contribution is -2.00. The Bertz CT molecular complexity index is 971. The van der Waals surface area contributed by atoms with E-state index in [2.05, 4.69) is 30.7 Å². The molecular weight excluding hydrogens is 286 g/mol. The van der Waals surface area contributed by atoms with Crippen LogP contribution in [0, 0.1) is 13.1 Å². The molecule has 0 aliphatic carbocycles. The molecule has 0 unspecified atom stereocenters. The third-order valence-corrected chi connectivity index (χ3v) is 3.47. The first-order chi connectivity index (χ1) is 11.2. The molecule has 0 amide bonds. The molecule has 5 heteroatoms. The molecule has 1 aromatic carbocycles. The Balaban J connectivity index is 1.98. The van der Waals surface area contributed by atoms with E-state index < -0.39 is 0 Å². The van der Waals surface area contributed by atoms with E-state index in [0.717, 1.165) is 27.9 Å². The number of hydrogen-bond acceptors (Lipinski definition) is 2. The number of para-hydroxylation sites is 1. The van der Waals surface area contributed by atoms with Crippen LogP contribution in [0.1, 0.15) is 18.9 Å². The van der Waals surface area contributed by atoms with Crippen LogP contribution in [0.5, 0.6) is 0 Å². The monoisotopic (exact) mass is 299 g/mol. The van der Waals surface area contributed by atoms with Gasteiger partial charge in [0, 0.05) is 17.1 Å². The van der Waals surface area contributed by atoms with Crippen molar-refractivity contribution in [1.82, 2.24) is 4.98 Å². The van der Waals surface area contributed by atoms with Crippen LogP contribution in [0.2, 0.25) is 0 Å². The quantitative estimate of drug-likeness (QED) is 0.796. The van der Waals surface area contributed by atoms with Crippen molar-refractivity contribution in [2.75, 3.05) is 0 Å². The second-order valence-electron chi connectivity index (χ2n) is 5.12. The van der Waals surface area contributed by atoms with Crippen LogP contribution in [0.3, 0.4) is 0 Å². The van der Waals surface area contributed by atoms with Gasteiger partial charge in [0.25, 0.3) is 11.6 Å². The number of aromatic amines is 1. The minimum Gasteiger partial charge on any atom is -0.370 e. The summed E-state index contributed by atoms with van der Waals surface area (Å²) >= 11 is 0. The highest BCUT2D eigenvalue weighted by Crippen LogP contribution is 2.20. The number of allylic oxidation sites excluding steroid dienone is 1. The maximum absolute atomic E-state index is 7.18. The molecule has 2 heterocycles. The summed E-state index contributed by atoms with van der Waals surface area (Å²) in [6, 6.07) is 8.05. The molecule has 0 saturated heterocycles. The number of hydrogen-bond donors (Lipinski definition) is 1. The topological polar surface area (TPSA) is 49.2 Å². The van der Waals surface area contributed by atoms with Gasteiger partial charge in [0.05, 0.1) is 6.42 Å². The highest BCUT2D eigenvalue weighted by molar-refractivity contribution is 6.12. The van der Waals surface area contributed by atoms with E-state index in [0.29, 0.717) is 6.42 Å². The lowest BCUT2D eigenvalue weighted by atomic mass is 10.1. The molecule has 23 heavy (non-hydrogen) atoms. The van der Waals surface area contributed by atoms with Crippen molar-refractivity contribution in [3.63, 3.8) is 0 Å². The van der Waals surface area contributed by atoms with E-state index in [9.17, 15) is 0 Å². The number of nitrogens with zero attached hydrogens (tertiary/aromatic N) is 4. The zero-order valence-corrected chi connectivity index (χ0v) is 12.5. The van der Waals surface area contributed by atoms with Crippen molar-refractivity contribution in [2.45, 2.75) is 13.3 Å². The predicted octanol–water partition coefficient (Wildman–Crippen LogP) is 4.45. The Hall–Kier alpha value is -3.44. The van der Waals surface area contributed by atoms with Gasteiger partial charge in [-0.2, -0.15) is 0 Å². The van der Waals surface area contributed by atoms with E-state index in [1.165, 1.54) is 0 Å². The van der Waals surface area contributed by atoms with Crippen molar-refractivity contribution < 1.29 is 0 Å². The first kappa shape index (κ1) is 14.5. The van der Waals surface area contributed by atoms with Crippen molar-refractivity contribution in [2.24, 2.45) is 9.98 Å². The lowest BCUT2D eigenvalue weighted by Gasteiger charge is -1.93. The molecule has 2 aromatic rings. The molecule has 110 valence electrons. The average molecular weight is 299 g/mol. The van der Waals surface area contributed by atoms with Crippen LogP contribution >= 0.6 is 0 Å². The molecule has 5 nitrogen and oxygen atoms in total. The normalized spacial score (nSPS) is 15.1. The molecular formula is C18H13N5. The van der Waals surface area contributed by atoms with E-state index in [1.54, 1.807) is 0 Å². The van der Waals surface area contributed by atoms with Crippen LogP contribution in [-0.2, 0) is 0 Å². The molecule has 1 aliphatic rings. The zero-order valence-electron chi connectivity index (χ0n) is 12.5. The maximum atomic E-state index is 7.18. The van der Waals surface area contributed by atoms with Gasteiger partial charge >= 0.3 is 0 Å². The average Bonchev–Trinajstić information content (AvgIpc) is 2.90. The number of benzene rings is 1. The summed E-state index contributed by atoms with van der Waals surface area (Å²) in [5, 5.41) is 1.13. The van der Waals surface area contributed by atoms with E-state index in [1.807, 2.05) is 43.5 Å². The third kappa shape index (κ3) is 2.95. The second-order valence-corrected chi connectivity index (χ2v) is 5.12. The SMILES string of the molecule is [C-]#[N+]C1=C([N+]#[C-])N=C(/C=C/c2c[nH]c3ccccc23)CC(C)=N1. The van der Waals surface area contributed by atoms with Gasteiger partial charge in [-0.05, 0) is 30.7 Å². The Morgan fingerprint density at radius 3 is 2.61 bits per heavy atom. The van der Waals surface area contributed by atoms with Crippen molar-refractivity contribution >= 4 is 28.4 Å². The fourth-order valence-corrected chi connectivity index (χ4v) is 2.42. The van der Waals surface area contributed by atoms with Gasteiger partial charge in [0.2, 0.25) is 0 Å². The fraction of sp³-hybridized carbons (Fsp3) is 0.111. The molecule has 1 N–H and O–H groups in total. The molecule has 1 aromatic heterocycles. The molecule has 0 saturated carbocycles. The molecule has 3 rings (SSSR count). The third-order valence-electron chi connectivity index (χ3n) is 3.47. The van der Waals surface area contributed by atoms with Crippen LogP contribution in [0.15, 0.2) is 58.2 Å². The number of fused-ring (bicyclic) bond motifs is 1. The Labute approximate surface area is 134 Å². The van der Waals surface area contributed by atoms with Gasteiger partial charge in [0.1, 0.15) is 11.4 Å². The number of aliphatic imine (C=N–C) groups is 2. The molecule has 0 spiro atoms. The van der Waals surface area contributed by atoms with Gasteiger partial charge in [-0.3, -0.25) is 0 Å². The minimum atomic E-state index is 0.0513. The standard InChI is InChI=1S/C18H13N5/c1-12-10-14(23-18(20-3)17(19-2)22-12)9-8-13-11-21-16-7-5-4-6-15(13)16/h4-9,11,21H,10H2,1H3/b9-8+. The van der Waals surface area contributed by atoms with Crippen LogP contribution < -0.4 is 0 Å². The largest absolute Gasteiger partial charge is 0.370 e. The first-order valence-corrected chi connectivity index (χ1v) is 7.06. The Morgan fingerprint density at radius 2 is 1.83 bits per heavy atom. The van der Waals surface area contributed by atoms with Crippen LogP contribution in [0.4, 0.5) is 0 Å². The van der Waals surface area contributed by atoms with E-state index in [4.69, 9.17) is 13.1 Å². The summed E-state index contributed by atoms with van der Waals surface area (Å²) in [6.07, 6.45) is 6.31. The predicted molar refractivity (Wildman–Crippen MR) is 92.7 cm³/mol. The summed E-state index contributed by atoms with van der Waals surface area (Å²) < 4.78 is 0. The van der Waals surface area contributed by atoms with Gasteiger partial charge in [-0.1, -0.05) is 31.3 Å². The number of H-pyrrole nitrogens is 1. The van der Waals surface area contributed by atoms with Gasteiger partial charge in [-0.15, -0.1) is 9.98 Å². The smallest absolute Gasteiger partial charge is 0.293 e. The Morgan fingerprint density at radius 1 is 1.09 bits per heavy atom. The molecule has 0 atom stereocenters. The van der Waals surface area contributed by atoms with Crippen molar-refractivity contribution in [3.05, 3.63) is 76.6 Å². The van der Waals surface area contributed by atoms with Crippen molar-refractivity contribution in [3.8, 4) is 0 Å². The molecule has 0 bridgehead atoms. The zero-order chi connectivity index (χ0) is 16.2. The van der Waals surface area contributed by atoms with Gasteiger partial charge < -0.3 is 14.7 Å². The molecule has 1 aliphatic heterocycles. The minimum absolute atomic E-state index is 0.0513. The fourth-order valence-electron chi connectivity index (χ4n) is 2.42. The van der Waals surface area contributed by atoms with Crippen LogP contribution in [0.25, 0.3) is 26.7 Å². The number of nitrogens with one attached hydrogen (secondary N) is 1. The summed E-state index contributed by atoms with van der Waals surface area (Å²) in [6.45, 7) is 16.1. The van der Waals surface area contributed by atoms with Crippen molar-refractivity contribution in [1.29, 1.82) is 0 Å². The first-order valence-electron chi connectivity index (χ1n) is 7.06. The summed E-state index contributed by atoms with van der Waals surface area (Å²) in [5.74, 6) is 0.114. The summed E-state index contributed by atoms with van der Waals surface area (Å²) in [5.41, 5.74) is 3.63. The molecule has 0 fully saturated rings. The maximum Gasteiger partial charge on any atom is 0.293 e. The summed E-state index contributed by atoms with van der Waals surface area (Å²) in [7, 11) is 0. The molecule has 0 radical (unpaired) electrons. The number of aromatic nitrogens is 1. The van der Waals surface area contributed by atoms with Crippen LogP contribution in [-0.4, -0.2) is 16.4 Å². The lowest BCUT2D eigenvalue weighted by molar-refractivity contribution is 1.27. The van der Waals surface area contributed by atoms with Gasteiger partial charge in [-0.25, -0.2) is 0 Å². The summed E-state index contributed by atoms with van der Waals surface area (Å²) in [4.78, 5) is 18.3. The van der Waals surface area contributed by atoms with E-state index >= 15 is 0 Å². The highest BCUT2D eigenvalue weighted by atomic mass is 15.1. The van der Waals surface area contributed by atoms with E-state index in [-0.39, 0.29) is 11.6 Å².